The highest BCUT2D eigenvalue weighted by Gasteiger charge is 2.24. The Morgan fingerprint density at radius 3 is 2.88 bits per heavy atom. The van der Waals surface area contributed by atoms with Gasteiger partial charge in [-0.3, -0.25) is 4.79 Å². The lowest BCUT2D eigenvalue weighted by Crippen LogP contribution is -2.40. The van der Waals surface area contributed by atoms with Crippen molar-refractivity contribution in [3.8, 4) is 5.75 Å². The fourth-order valence-corrected chi connectivity index (χ4v) is 3.09. The first-order chi connectivity index (χ1) is 11.4. The minimum atomic E-state index is -0.947. The predicted molar refractivity (Wildman–Crippen MR) is 97.6 cm³/mol. The van der Waals surface area contributed by atoms with Crippen molar-refractivity contribution in [3.05, 3.63) is 46.7 Å². The Kier molecular flexibility index (Phi) is 6.36. The normalized spacial score (nSPS) is 14.7. The van der Waals surface area contributed by atoms with E-state index >= 15 is 0 Å². The van der Waals surface area contributed by atoms with Gasteiger partial charge in [-0.25, -0.2) is 0 Å². The highest BCUT2D eigenvalue weighted by molar-refractivity contribution is 7.08. The van der Waals surface area contributed by atoms with E-state index < -0.39 is 5.60 Å². The summed E-state index contributed by atoms with van der Waals surface area (Å²) in [6.45, 7) is 4.08. The van der Waals surface area contributed by atoms with Crippen molar-refractivity contribution in [2.45, 2.75) is 31.9 Å². The molecule has 2 unspecified atom stereocenters. The number of methoxy groups -OCH3 is 1. The summed E-state index contributed by atoms with van der Waals surface area (Å²) in [6.07, 6.45) is 0.316. The summed E-state index contributed by atoms with van der Waals surface area (Å²) in [5.41, 5.74) is 0.641. The number of benzene rings is 1. The number of hydrogen-bond donors (Lipinski definition) is 3. The van der Waals surface area contributed by atoms with E-state index in [1.807, 2.05) is 41.9 Å². The molecule has 0 spiro atoms. The third-order valence-electron chi connectivity index (χ3n) is 3.78. The molecule has 1 heterocycles. The maximum atomic E-state index is 12.1. The summed E-state index contributed by atoms with van der Waals surface area (Å²) in [5, 5.41) is 20.4. The van der Waals surface area contributed by atoms with Gasteiger partial charge in [0, 0.05) is 30.8 Å². The molecule has 5 nitrogen and oxygen atoms in total. The lowest BCUT2D eigenvalue weighted by molar-refractivity contribution is -0.116. The van der Waals surface area contributed by atoms with Gasteiger partial charge in [-0.15, -0.1) is 0 Å². The smallest absolute Gasteiger partial charge is 0.225 e. The summed E-state index contributed by atoms with van der Waals surface area (Å²) in [7, 11) is 1.59. The van der Waals surface area contributed by atoms with Crippen LogP contribution in [0.2, 0.25) is 0 Å². The second-order valence-electron chi connectivity index (χ2n) is 6.05. The molecule has 6 heteroatoms. The Hall–Kier alpha value is -1.89. The number of hydrogen-bond acceptors (Lipinski definition) is 5. The number of carbonyl (C=O) groups is 1. The lowest BCUT2D eigenvalue weighted by Gasteiger charge is -2.25. The Bertz CT molecular complexity index is 656. The number of thiophene rings is 1. The number of rotatable bonds is 8. The quantitative estimate of drug-likeness (QED) is 0.686. The number of anilines is 1. The van der Waals surface area contributed by atoms with Gasteiger partial charge in [0.2, 0.25) is 5.91 Å². The Morgan fingerprint density at radius 1 is 1.42 bits per heavy atom. The van der Waals surface area contributed by atoms with Gasteiger partial charge in [0.25, 0.3) is 0 Å². The standard InChI is InChI=1S/C18H24N2O3S/c1-13(19-12-18(2,22)14-7-8-24-11-14)9-17(21)20-15-5-4-6-16(10-15)23-3/h4-8,10-11,13,19,22H,9,12H2,1-3H3,(H,20,21). The van der Waals surface area contributed by atoms with Crippen LogP contribution in [0.1, 0.15) is 25.8 Å². The van der Waals surface area contributed by atoms with Crippen molar-refractivity contribution in [2.24, 2.45) is 0 Å². The molecule has 0 saturated heterocycles. The molecule has 0 aliphatic heterocycles. The van der Waals surface area contributed by atoms with Crippen LogP contribution in [0.4, 0.5) is 5.69 Å². The van der Waals surface area contributed by atoms with Crippen LogP contribution in [-0.2, 0) is 10.4 Å². The number of ether oxygens (including phenoxy) is 1. The minimum absolute atomic E-state index is 0.0549. The molecule has 2 atom stereocenters. The molecule has 130 valence electrons. The summed E-state index contributed by atoms with van der Waals surface area (Å²) < 4.78 is 5.14. The molecule has 0 radical (unpaired) electrons. The first-order valence-corrected chi connectivity index (χ1v) is 8.77. The van der Waals surface area contributed by atoms with Gasteiger partial charge in [-0.1, -0.05) is 6.07 Å². The first-order valence-electron chi connectivity index (χ1n) is 7.83. The number of amides is 1. The molecule has 0 bridgehead atoms. The van der Waals surface area contributed by atoms with Gasteiger partial charge in [-0.05, 0) is 48.4 Å². The van der Waals surface area contributed by atoms with Crippen LogP contribution in [0, 0.1) is 0 Å². The van der Waals surface area contributed by atoms with E-state index in [1.165, 1.54) is 0 Å². The molecule has 24 heavy (non-hydrogen) atoms. The fourth-order valence-electron chi connectivity index (χ4n) is 2.31. The van der Waals surface area contributed by atoms with Crippen LogP contribution < -0.4 is 15.4 Å². The van der Waals surface area contributed by atoms with Gasteiger partial charge < -0.3 is 20.5 Å². The van der Waals surface area contributed by atoms with Crippen LogP contribution in [0.3, 0.4) is 0 Å². The van der Waals surface area contributed by atoms with Crippen LogP contribution >= 0.6 is 11.3 Å². The molecule has 0 saturated carbocycles. The second kappa shape index (κ2) is 8.28. The average Bonchev–Trinajstić information content (AvgIpc) is 3.08. The summed E-state index contributed by atoms with van der Waals surface area (Å²) in [4.78, 5) is 12.1. The third kappa shape index (κ3) is 5.33. The second-order valence-corrected chi connectivity index (χ2v) is 6.83. The van der Waals surface area contributed by atoms with Gasteiger partial charge in [0.05, 0.1) is 12.7 Å². The molecule has 2 aromatic rings. The topological polar surface area (TPSA) is 70.6 Å². The first kappa shape index (κ1) is 18.4. The minimum Gasteiger partial charge on any atom is -0.497 e. The molecular formula is C18H24N2O3S. The zero-order valence-corrected chi connectivity index (χ0v) is 15.0. The maximum Gasteiger partial charge on any atom is 0.225 e. The largest absolute Gasteiger partial charge is 0.497 e. The van der Waals surface area contributed by atoms with Gasteiger partial charge in [0.1, 0.15) is 5.75 Å². The molecular weight excluding hydrogens is 324 g/mol. The van der Waals surface area contributed by atoms with Crippen molar-refractivity contribution < 1.29 is 14.6 Å². The highest BCUT2D eigenvalue weighted by Crippen LogP contribution is 2.22. The van der Waals surface area contributed by atoms with E-state index in [9.17, 15) is 9.90 Å². The van der Waals surface area contributed by atoms with Crippen LogP contribution in [0.15, 0.2) is 41.1 Å². The molecule has 0 aliphatic carbocycles. The zero-order valence-electron chi connectivity index (χ0n) is 14.2. The van der Waals surface area contributed by atoms with E-state index in [0.29, 0.717) is 24.4 Å². The molecule has 3 N–H and O–H groups in total. The van der Waals surface area contributed by atoms with Gasteiger partial charge >= 0.3 is 0 Å². The molecule has 1 aromatic carbocycles. The maximum absolute atomic E-state index is 12.1. The number of aliphatic hydroxyl groups is 1. The lowest BCUT2D eigenvalue weighted by atomic mass is 9.99. The van der Waals surface area contributed by atoms with Crippen molar-refractivity contribution in [2.75, 3.05) is 19.0 Å². The van der Waals surface area contributed by atoms with Crippen LogP contribution in [0.5, 0.6) is 5.75 Å². The highest BCUT2D eigenvalue weighted by atomic mass is 32.1. The summed E-state index contributed by atoms with van der Waals surface area (Å²) >= 11 is 1.55. The number of nitrogens with one attached hydrogen (secondary N) is 2. The molecule has 1 amide bonds. The Labute approximate surface area is 146 Å². The van der Waals surface area contributed by atoms with E-state index in [2.05, 4.69) is 10.6 Å². The van der Waals surface area contributed by atoms with Crippen LogP contribution in [-0.4, -0.2) is 30.7 Å². The summed E-state index contributed by atoms with van der Waals surface area (Å²) in [6, 6.07) is 9.10. The Morgan fingerprint density at radius 2 is 2.21 bits per heavy atom. The van der Waals surface area contributed by atoms with Crippen molar-refractivity contribution in [1.29, 1.82) is 0 Å². The van der Waals surface area contributed by atoms with Gasteiger partial charge in [0.15, 0.2) is 0 Å². The monoisotopic (exact) mass is 348 g/mol. The van der Waals surface area contributed by atoms with Crippen LogP contribution in [0.25, 0.3) is 0 Å². The molecule has 0 aliphatic rings. The molecule has 1 aromatic heterocycles. The van der Waals surface area contributed by atoms with Crippen molar-refractivity contribution >= 4 is 22.9 Å². The van der Waals surface area contributed by atoms with E-state index in [-0.39, 0.29) is 11.9 Å². The van der Waals surface area contributed by atoms with E-state index in [0.717, 1.165) is 5.56 Å². The SMILES string of the molecule is COc1cccc(NC(=O)CC(C)NCC(C)(O)c2ccsc2)c1. The number of carbonyl (C=O) groups excluding carboxylic acids is 1. The van der Waals surface area contributed by atoms with Gasteiger partial charge in [-0.2, -0.15) is 11.3 Å². The van der Waals surface area contributed by atoms with Crippen molar-refractivity contribution in [1.82, 2.24) is 5.32 Å². The molecule has 0 fully saturated rings. The molecule has 2 rings (SSSR count). The van der Waals surface area contributed by atoms with Crippen molar-refractivity contribution in [3.63, 3.8) is 0 Å². The Balaban J connectivity index is 1.81. The van der Waals surface area contributed by atoms with E-state index in [4.69, 9.17) is 4.74 Å². The predicted octanol–water partition coefficient (Wildman–Crippen LogP) is 2.97. The third-order valence-corrected chi connectivity index (χ3v) is 4.47. The zero-order chi connectivity index (χ0) is 17.6. The fraction of sp³-hybridized carbons (Fsp3) is 0.389. The van der Waals surface area contributed by atoms with E-state index in [1.54, 1.807) is 31.4 Å². The average molecular weight is 348 g/mol. The summed E-state index contributed by atoms with van der Waals surface area (Å²) in [5.74, 6) is 0.615.